The summed E-state index contributed by atoms with van der Waals surface area (Å²) in [5, 5.41) is 0. The lowest BCUT2D eigenvalue weighted by atomic mass is 9.82. The predicted octanol–water partition coefficient (Wildman–Crippen LogP) is 3.15. The van der Waals surface area contributed by atoms with E-state index in [-0.39, 0.29) is 23.8 Å². The van der Waals surface area contributed by atoms with Crippen LogP contribution < -0.4 is 0 Å². The Kier molecular flexibility index (Phi) is 4.95. The molecule has 2 rings (SSSR count). The predicted molar refractivity (Wildman–Crippen MR) is 81.7 cm³/mol. The molecule has 0 aromatic rings. The maximum atomic E-state index is 12.7. The Labute approximate surface area is 128 Å². The SMILES string of the molecule is CC1CCC(C(=O)N2CCC[C@H]2C(=O)OC(C)(C)C)CC1. The summed E-state index contributed by atoms with van der Waals surface area (Å²) in [5.74, 6) is 0.784. The summed E-state index contributed by atoms with van der Waals surface area (Å²) in [6.07, 6.45) is 5.83. The van der Waals surface area contributed by atoms with Crippen LogP contribution in [0.2, 0.25) is 0 Å². The van der Waals surface area contributed by atoms with E-state index in [1.807, 2.05) is 20.8 Å². The van der Waals surface area contributed by atoms with Gasteiger partial charge in [-0.1, -0.05) is 6.92 Å². The highest BCUT2D eigenvalue weighted by Crippen LogP contribution is 2.32. The lowest BCUT2D eigenvalue weighted by molar-refractivity contribution is -0.164. The molecule has 120 valence electrons. The van der Waals surface area contributed by atoms with Crippen molar-refractivity contribution in [2.24, 2.45) is 11.8 Å². The molecule has 4 nitrogen and oxygen atoms in total. The van der Waals surface area contributed by atoms with Crippen LogP contribution in [0.1, 0.15) is 66.2 Å². The van der Waals surface area contributed by atoms with E-state index in [4.69, 9.17) is 4.74 Å². The van der Waals surface area contributed by atoms with Gasteiger partial charge < -0.3 is 9.64 Å². The highest BCUT2D eigenvalue weighted by Gasteiger charge is 2.39. The Balaban J connectivity index is 1.98. The Morgan fingerprint density at radius 3 is 2.24 bits per heavy atom. The Bertz CT molecular complexity index is 391. The van der Waals surface area contributed by atoms with Gasteiger partial charge in [0.2, 0.25) is 5.91 Å². The third kappa shape index (κ3) is 4.21. The summed E-state index contributed by atoms with van der Waals surface area (Å²) in [4.78, 5) is 26.8. The van der Waals surface area contributed by atoms with Gasteiger partial charge in [-0.2, -0.15) is 0 Å². The highest BCUT2D eigenvalue weighted by molar-refractivity contribution is 5.86. The quantitative estimate of drug-likeness (QED) is 0.735. The molecule has 1 aliphatic carbocycles. The summed E-state index contributed by atoms with van der Waals surface area (Å²) >= 11 is 0. The fourth-order valence-corrected chi connectivity index (χ4v) is 3.39. The minimum absolute atomic E-state index is 0.115. The van der Waals surface area contributed by atoms with Crippen LogP contribution in [0.5, 0.6) is 0 Å². The molecule has 1 atom stereocenters. The van der Waals surface area contributed by atoms with Crippen LogP contribution in [0.4, 0.5) is 0 Å². The highest BCUT2D eigenvalue weighted by atomic mass is 16.6. The van der Waals surface area contributed by atoms with Crippen molar-refractivity contribution in [1.29, 1.82) is 0 Å². The molecule has 0 N–H and O–H groups in total. The van der Waals surface area contributed by atoms with E-state index in [9.17, 15) is 9.59 Å². The van der Waals surface area contributed by atoms with Crippen molar-refractivity contribution in [3.05, 3.63) is 0 Å². The second kappa shape index (κ2) is 6.37. The van der Waals surface area contributed by atoms with Crippen molar-refractivity contribution in [3.63, 3.8) is 0 Å². The van der Waals surface area contributed by atoms with Gasteiger partial charge >= 0.3 is 5.97 Å². The van der Waals surface area contributed by atoms with Gasteiger partial charge in [-0.15, -0.1) is 0 Å². The van der Waals surface area contributed by atoms with E-state index in [0.717, 1.165) is 44.4 Å². The molecule has 2 fully saturated rings. The molecular weight excluding hydrogens is 266 g/mol. The molecule has 1 heterocycles. The third-order valence-corrected chi connectivity index (χ3v) is 4.58. The van der Waals surface area contributed by atoms with Crippen LogP contribution in [-0.2, 0) is 14.3 Å². The molecule has 1 saturated heterocycles. The number of amides is 1. The minimum atomic E-state index is -0.491. The lowest BCUT2D eigenvalue weighted by Gasteiger charge is -2.32. The molecule has 0 bridgehead atoms. The second-order valence-corrected chi connectivity index (χ2v) is 7.68. The summed E-state index contributed by atoms with van der Waals surface area (Å²) in [6.45, 7) is 8.56. The Hall–Kier alpha value is -1.06. The molecule has 0 radical (unpaired) electrons. The van der Waals surface area contributed by atoms with Crippen molar-refractivity contribution in [2.75, 3.05) is 6.54 Å². The third-order valence-electron chi connectivity index (χ3n) is 4.58. The first-order valence-corrected chi connectivity index (χ1v) is 8.31. The molecule has 0 spiro atoms. The van der Waals surface area contributed by atoms with E-state index >= 15 is 0 Å². The monoisotopic (exact) mass is 295 g/mol. The van der Waals surface area contributed by atoms with Gasteiger partial charge in [-0.05, 0) is 65.2 Å². The summed E-state index contributed by atoms with van der Waals surface area (Å²) < 4.78 is 5.47. The van der Waals surface area contributed by atoms with Crippen molar-refractivity contribution in [2.45, 2.75) is 77.9 Å². The van der Waals surface area contributed by atoms with Crippen molar-refractivity contribution in [1.82, 2.24) is 4.90 Å². The molecule has 0 aromatic heterocycles. The van der Waals surface area contributed by atoms with Gasteiger partial charge in [0.15, 0.2) is 0 Å². The minimum Gasteiger partial charge on any atom is -0.458 e. The smallest absolute Gasteiger partial charge is 0.329 e. The average molecular weight is 295 g/mol. The van der Waals surface area contributed by atoms with E-state index in [0.29, 0.717) is 6.54 Å². The van der Waals surface area contributed by atoms with Crippen molar-refractivity contribution in [3.8, 4) is 0 Å². The molecule has 4 heteroatoms. The Morgan fingerprint density at radius 2 is 1.67 bits per heavy atom. The maximum absolute atomic E-state index is 12.7. The maximum Gasteiger partial charge on any atom is 0.329 e. The molecule has 1 saturated carbocycles. The molecule has 1 aliphatic heterocycles. The van der Waals surface area contributed by atoms with E-state index in [2.05, 4.69) is 6.92 Å². The zero-order valence-electron chi connectivity index (χ0n) is 13.9. The summed E-state index contributed by atoms with van der Waals surface area (Å²) in [7, 11) is 0. The largest absolute Gasteiger partial charge is 0.458 e. The Morgan fingerprint density at radius 1 is 1.05 bits per heavy atom. The first-order valence-electron chi connectivity index (χ1n) is 8.31. The van der Waals surface area contributed by atoms with E-state index in [1.165, 1.54) is 0 Å². The summed E-state index contributed by atoms with van der Waals surface area (Å²) in [6, 6.07) is -0.365. The van der Waals surface area contributed by atoms with Gasteiger partial charge in [0, 0.05) is 12.5 Å². The van der Waals surface area contributed by atoms with Crippen LogP contribution >= 0.6 is 0 Å². The van der Waals surface area contributed by atoms with Crippen molar-refractivity contribution >= 4 is 11.9 Å². The first-order chi connectivity index (χ1) is 9.78. The zero-order valence-corrected chi connectivity index (χ0v) is 13.9. The van der Waals surface area contributed by atoms with Crippen LogP contribution in [0, 0.1) is 11.8 Å². The topological polar surface area (TPSA) is 46.6 Å². The molecule has 21 heavy (non-hydrogen) atoms. The molecule has 0 aromatic carbocycles. The number of likely N-dealkylation sites (tertiary alicyclic amines) is 1. The van der Waals surface area contributed by atoms with E-state index < -0.39 is 5.60 Å². The van der Waals surface area contributed by atoms with Gasteiger partial charge in [0.1, 0.15) is 11.6 Å². The first kappa shape index (κ1) is 16.3. The van der Waals surface area contributed by atoms with Gasteiger partial charge in [0.25, 0.3) is 0 Å². The number of esters is 1. The van der Waals surface area contributed by atoms with E-state index in [1.54, 1.807) is 4.90 Å². The van der Waals surface area contributed by atoms with Crippen LogP contribution in [0.15, 0.2) is 0 Å². The van der Waals surface area contributed by atoms with Crippen LogP contribution in [-0.4, -0.2) is 35.0 Å². The number of carbonyl (C=O) groups is 2. The molecule has 0 unspecified atom stereocenters. The van der Waals surface area contributed by atoms with Gasteiger partial charge in [0.05, 0.1) is 0 Å². The summed E-state index contributed by atoms with van der Waals surface area (Å²) in [5.41, 5.74) is -0.491. The number of ether oxygens (including phenoxy) is 1. The average Bonchev–Trinajstić information content (AvgIpc) is 2.86. The number of rotatable bonds is 2. The number of hydrogen-bond donors (Lipinski definition) is 0. The molecule has 2 aliphatic rings. The number of hydrogen-bond acceptors (Lipinski definition) is 3. The lowest BCUT2D eigenvalue weighted by Crippen LogP contribution is -2.46. The molecular formula is C17H29NO3. The van der Waals surface area contributed by atoms with Gasteiger partial charge in [-0.25, -0.2) is 4.79 Å². The fourth-order valence-electron chi connectivity index (χ4n) is 3.39. The van der Waals surface area contributed by atoms with Crippen LogP contribution in [0.25, 0.3) is 0 Å². The zero-order chi connectivity index (χ0) is 15.6. The number of carbonyl (C=O) groups excluding carboxylic acids is 2. The van der Waals surface area contributed by atoms with Gasteiger partial charge in [-0.3, -0.25) is 4.79 Å². The van der Waals surface area contributed by atoms with Crippen LogP contribution in [0.3, 0.4) is 0 Å². The molecule has 1 amide bonds. The number of nitrogens with zero attached hydrogens (tertiary/aromatic N) is 1. The standard InChI is InChI=1S/C17H29NO3/c1-12-7-9-13(10-8-12)15(19)18-11-5-6-14(18)16(20)21-17(2,3)4/h12-14H,5-11H2,1-4H3/t12?,13?,14-/m0/s1. The fraction of sp³-hybridized carbons (Fsp3) is 0.882. The second-order valence-electron chi connectivity index (χ2n) is 7.68. The normalized spacial score (nSPS) is 30.3. The van der Waals surface area contributed by atoms with Crippen molar-refractivity contribution < 1.29 is 14.3 Å².